The Morgan fingerprint density at radius 1 is 1.00 bits per heavy atom. The molecule has 1 N–H and O–H groups in total. The van der Waals surface area contributed by atoms with Crippen molar-refractivity contribution in [3.8, 4) is 23.1 Å². The second-order valence-electron chi connectivity index (χ2n) is 8.21. The van der Waals surface area contributed by atoms with Crippen molar-refractivity contribution < 1.29 is 13.9 Å². The summed E-state index contributed by atoms with van der Waals surface area (Å²) in [6, 6.07) is 21.0. The minimum Gasteiger partial charge on any atom is -0.462 e. The highest BCUT2D eigenvalue weighted by Gasteiger charge is 2.16. The summed E-state index contributed by atoms with van der Waals surface area (Å²) >= 11 is 0. The molecule has 1 heterocycles. The third-order valence-electron chi connectivity index (χ3n) is 4.92. The van der Waals surface area contributed by atoms with Gasteiger partial charge in [-0.1, -0.05) is 31.5 Å². The maximum atomic E-state index is 13.4. The fourth-order valence-corrected chi connectivity index (χ4v) is 3.16. The average Bonchev–Trinajstić information content (AvgIpc) is 3.23. The fraction of sp³-hybridized carbons (Fsp3) is 0.192. The summed E-state index contributed by atoms with van der Waals surface area (Å²) in [5.41, 5.74) is 3.78. The molecule has 0 spiro atoms. The van der Waals surface area contributed by atoms with Gasteiger partial charge in [0.2, 0.25) is 0 Å². The van der Waals surface area contributed by atoms with Crippen LogP contribution < -0.4 is 10.1 Å². The van der Waals surface area contributed by atoms with Gasteiger partial charge in [-0.05, 0) is 73.5 Å². The lowest BCUT2D eigenvalue weighted by Gasteiger charge is -2.09. The molecule has 0 saturated heterocycles. The first kappa shape index (κ1) is 22.2. The van der Waals surface area contributed by atoms with Crippen LogP contribution >= 0.6 is 0 Å². The monoisotopic (exact) mass is 444 g/mol. The number of amides is 1. The number of halogens is 1. The van der Waals surface area contributed by atoms with Crippen molar-refractivity contribution in [3.63, 3.8) is 0 Å². The van der Waals surface area contributed by atoms with E-state index in [1.54, 1.807) is 41.1 Å². The molecular formula is C26H25FN4O2. The topological polar surface area (TPSA) is 69.0 Å². The number of aryl methyl sites for hydroxylation is 1. The molecule has 0 radical (unpaired) electrons. The summed E-state index contributed by atoms with van der Waals surface area (Å²) in [7, 11) is 0. The number of rotatable bonds is 7. The fourth-order valence-electron chi connectivity index (χ4n) is 3.16. The molecule has 1 amide bonds. The molecule has 0 fully saturated rings. The van der Waals surface area contributed by atoms with Crippen molar-refractivity contribution >= 4 is 11.6 Å². The summed E-state index contributed by atoms with van der Waals surface area (Å²) in [4.78, 5) is 17.0. The van der Waals surface area contributed by atoms with E-state index in [-0.39, 0.29) is 17.7 Å². The zero-order chi connectivity index (χ0) is 23.4. The maximum absolute atomic E-state index is 13.4. The molecule has 3 aromatic carbocycles. The lowest BCUT2D eigenvalue weighted by atomic mass is 10.1. The molecule has 4 rings (SSSR count). The van der Waals surface area contributed by atoms with Crippen LogP contribution in [0.25, 0.3) is 17.1 Å². The molecule has 0 aliphatic carbocycles. The van der Waals surface area contributed by atoms with E-state index < -0.39 is 0 Å². The van der Waals surface area contributed by atoms with Crippen LogP contribution in [0.1, 0.15) is 29.8 Å². The van der Waals surface area contributed by atoms with E-state index in [1.807, 2.05) is 45.0 Å². The van der Waals surface area contributed by atoms with Crippen LogP contribution in [0, 0.1) is 18.7 Å². The Hall–Kier alpha value is -4.00. The van der Waals surface area contributed by atoms with E-state index in [0.29, 0.717) is 35.2 Å². The predicted octanol–water partition coefficient (Wildman–Crippen LogP) is 5.67. The number of benzene rings is 3. The number of aromatic nitrogens is 3. The van der Waals surface area contributed by atoms with Crippen molar-refractivity contribution in [1.82, 2.24) is 14.8 Å². The molecule has 0 bridgehead atoms. The van der Waals surface area contributed by atoms with Crippen LogP contribution in [0.5, 0.6) is 6.01 Å². The summed E-state index contributed by atoms with van der Waals surface area (Å²) in [6.45, 7) is 6.55. The normalized spacial score (nSPS) is 10.9. The number of ether oxygens (including phenoxy) is 1. The molecule has 6 nitrogen and oxygen atoms in total. The van der Waals surface area contributed by atoms with Crippen LogP contribution in [0.15, 0.2) is 72.8 Å². The van der Waals surface area contributed by atoms with Crippen molar-refractivity contribution in [1.29, 1.82) is 0 Å². The highest BCUT2D eigenvalue weighted by molar-refractivity contribution is 6.04. The molecule has 0 atom stereocenters. The number of hydrogen-bond donors (Lipinski definition) is 1. The largest absolute Gasteiger partial charge is 0.462 e. The van der Waals surface area contributed by atoms with Gasteiger partial charge in [-0.25, -0.2) is 9.07 Å². The van der Waals surface area contributed by atoms with Crippen LogP contribution in [0.2, 0.25) is 0 Å². The Kier molecular flexibility index (Phi) is 6.49. The van der Waals surface area contributed by atoms with Crippen molar-refractivity contribution in [2.24, 2.45) is 5.92 Å². The Balaban J connectivity index is 1.60. The summed E-state index contributed by atoms with van der Waals surface area (Å²) < 4.78 is 20.8. The van der Waals surface area contributed by atoms with Gasteiger partial charge in [0, 0.05) is 16.8 Å². The van der Waals surface area contributed by atoms with Gasteiger partial charge >= 0.3 is 6.01 Å². The van der Waals surface area contributed by atoms with E-state index in [9.17, 15) is 9.18 Å². The predicted molar refractivity (Wildman–Crippen MR) is 126 cm³/mol. The number of nitrogens with one attached hydrogen (secondary N) is 1. The Bertz CT molecular complexity index is 1230. The first-order valence-electron chi connectivity index (χ1n) is 10.7. The molecule has 33 heavy (non-hydrogen) atoms. The van der Waals surface area contributed by atoms with Gasteiger partial charge < -0.3 is 10.1 Å². The van der Waals surface area contributed by atoms with Gasteiger partial charge in [0.05, 0.1) is 12.3 Å². The van der Waals surface area contributed by atoms with Gasteiger partial charge in [-0.15, -0.1) is 5.10 Å². The number of nitrogens with zero attached hydrogens (tertiary/aromatic N) is 3. The summed E-state index contributed by atoms with van der Waals surface area (Å²) in [6.07, 6.45) is 0. The molecule has 168 valence electrons. The first-order chi connectivity index (χ1) is 15.9. The molecule has 0 unspecified atom stereocenters. The molecule has 4 aromatic rings. The van der Waals surface area contributed by atoms with E-state index in [1.165, 1.54) is 12.1 Å². The second-order valence-corrected chi connectivity index (χ2v) is 8.21. The Labute approximate surface area is 192 Å². The zero-order valence-electron chi connectivity index (χ0n) is 18.7. The van der Waals surface area contributed by atoms with Crippen molar-refractivity contribution in [3.05, 3.63) is 89.7 Å². The lowest BCUT2D eigenvalue weighted by molar-refractivity contribution is 0.102. The van der Waals surface area contributed by atoms with Gasteiger partial charge in [0.15, 0.2) is 5.82 Å². The Morgan fingerprint density at radius 3 is 2.30 bits per heavy atom. The lowest BCUT2D eigenvalue weighted by Crippen LogP contribution is -2.11. The second kappa shape index (κ2) is 9.65. The molecule has 0 saturated carbocycles. The quantitative estimate of drug-likeness (QED) is 0.399. The number of carbonyl (C=O) groups is 1. The molecule has 1 aromatic heterocycles. The highest BCUT2D eigenvalue weighted by atomic mass is 19.1. The zero-order valence-corrected chi connectivity index (χ0v) is 18.7. The van der Waals surface area contributed by atoms with Gasteiger partial charge in [0.25, 0.3) is 5.91 Å². The van der Waals surface area contributed by atoms with Crippen molar-refractivity contribution in [2.45, 2.75) is 20.8 Å². The van der Waals surface area contributed by atoms with Crippen LogP contribution in [0.3, 0.4) is 0 Å². The van der Waals surface area contributed by atoms with Gasteiger partial charge in [-0.3, -0.25) is 4.79 Å². The first-order valence-corrected chi connectivity index (χ1v) is 10.7. The van der Waals surface area contributed by atoms with Gasteiger partial charge in [-0.2, -0.15) is 4.98 Å². The molecule has 7 heteroatoms. The minimum absolute atomic E-state index is 0.181. The van der Waals surface area contributed by atoms with E-state index >= 15 is 0 Å². The summed E-state index contributed by atoms with van der Waals surface area (Å²) in [5, 5.41) is 7.40. The van der Waals surface area contributed by atoms with E-state index in [2.05, 4.69) is 15.4 Å². The number of carbonyl (C=O) groups excluding carboxylic acids is 1. The molecular weight excluding hydrogens is 419 g/mol. The van der Waals surface area contributed by atoms with Crippen LogP contribution in [0.4, 0.5) is 10.1 Å². The summed E-state index contributed by atoms with van der Waals surface area (Å²) in [5.74, 6) is 0.350. The Morgan fingerprint density at radius 2 is 1.67 bits per heavy atom. The van der Waals surface area contributed by atoms with E-state index in [0.717, 1.165) is 11.3 Å². The van der Waals surface area contributed by atoms with Crippen LogP contribution in [-0.4, -0.2) is 27.3 Å². The average molecular weight is 445 g/mol. The minimum atomic E-state index is -0.324. The van der Waals surface area contributed by atoms with Crippen molar-refractivity contribution in [2.75, 3.05) is 11.9 Å². The third-order valence-corrected chi connectivity index (χ3v) is 4.92. The highest BCUT2D eigenvalue weighted by Crippen LogP contribution is 2.25. The van der Waals surface area contributed by atoms with Crippen LogP contribution in [-0.2, 0) is 0 Å². The van der Waals surface area contributed by atoms with E-state index in [4.69, 9.17) is 4.74 Å². The number of hydrogen-bond acceptors (Lipinski definition) is 4. The molecule has 0 aliphatic rings. The molecule has 0 aliphatic heterocycles. The third kappa shape index (κ3) is 5.44. The smallest absolute Gasteiger partial charge is 0.336 e. The van der Waals surface area contributed by atoms with Gasteiger partial charge in [0.1, 0.15) is 5.82 Å². The number of anilines is 1. The SMILES string of the molecule is Cc1ccc(C(=O)Nc2ccc(-n3nc(OCC(C)C)nc3-c3ccc(F)cc3)cc2)cc1. The maximum Gasteiger partial charge on any atom is 0.336 e. The standard InChI is InChI=1S/C26H25FN4O2/c1-17(2)16-33-26-29-24(19-8-10-21(27)11-9-19)31(30-26)23-14-12-22(13-15-23)28-25(32)20-6-4-18(3)5-7-20/h4-15,17H,16H2,1-3H3,(H,28,32).